The van der Waals surface area contributed by atoms with Crippen LogP contribution in [0, 0.1) is 0 Å². The molecule has 0 spiro atoms. The normalized spacial score (nSPS) is 9.14. The number of carbonyl (C=O) groups excluding carboxylic acids is 2. The molecule has 1 rings (SSSR count). The van der Waals surface area contributed by atoms with Gasteiger partial charge in [-0.05, 0) is 0 Å². The molecule has 0 radical (unpaired) electrons. The number of hydrogen-bond acceptors (Lipinski definition) is 5. The third kappa shape index (κ3) is 2.63. The molecule has 0 saturated heterocycles. The van der Waals surface area contributed by atoms with Crippen LogP contribution in [0.25, 0.3) is 0 Å². The van der Waals surface area contributed by atoms with Gasteiger partial charge in [-0.25, -0.2) is 9.59 Å². The average Bonchev–Trinajstić information content (AvgIpc) is 2.06. The summed E-state index contributed by atoms with van der Waals surface area (Å²) in [6.07, 6.45) is 0.452. The van der Waals surface area contributed by atoms with Gasteiger partial charge >= 0.3 is 12.2 Å². The molecular weight excluding hydrogens is 190 g/mol. The monoisotopic (exact) mass is 197 g/mol. The molecule has 0 aromatic carbocycles. The standard InChI is InChI=1S/C7H7N3O4/c8-6(11)13-4-1-2-10-3-5(4)14-7(9)12/h1-3H,(H2,8,11)(H2,9,12). The van der Waals surface area contributed by atoms with Crippen LogP contribution in [0.3, 0.4) is 0 Å². The highest BCUT2D eigenvalue weighted by Crippen LogP contribution is 2.24. The predicted molar refractivity (Wildman–Crippen MR) is 44.7 cm³/mol. The summed E-state index contributed by atoms with van der Waals surface area (Å²) in [6.45, 7) is 0. The molecule has 0 atom stereocenters. The van der Waals surface area contributed by atoms with Gasteiger partial charge in [0.1, 0.15) is 0 Å². The molecule has 2 amide bonds. The van der Waals surface area contributed by atoms with Crippen LogP contribution in [0.15, 0.2) is 18.5 Å². The maximum atomic E-state index is 10.4. The van der Waals surface area contributed by atoms with Gasteiger partial charge in [-0.3, -0.25) is 4.98 Å². The van der Waals surface area contributed by atoms with Crippen LogP contribution in [-0.2, 0) is 0 Å². The van der Waals surface area contributed by atoms with Crippen molar-refractivity contribution >= 4 is 12.2 Å². The number of nitrogens with zero attached hydrogens (tertiary/aromatic N) is 1. The smallest absolute Gasteiger partial charge is 0.406 e. The Morgan fingerprint density at radius 1 is 1.14 bits per heavy atom. The van der Waals surface area contributed by atoms with Crippen molar-refractivity contribution in [3.05, 3.63) is 18.5 Å². The van der Waals surface area contributed by atoms with Crippen molar-refractivity contribution in [2.75, 3.05) is 0 Å². The largest absolute Gasteiger partial charge is 0.410 e. The van der Waals surface area contributed by atoms with E-state index in [2.05, 4.69) is 14.5 Å². The first-order valence-electron chi connectivity index (χ1n) is 3.48. The number of rotatable bonds is 2. The molecule has 7 nitrogen and oxygen atoms in total. The molecule has 0 bridgehead atoms. The lowest BCUT2D eigenvalue weighted by molar-refractivity contribution is 0.200. The highest BCUT2D eigenvalue weighted by Gasteiger charge is 2.09. The van der Waals surface area contributed by atoms with Crippen molar-refractivity contribution in [2.24, 2.45) is 11.5 Å². The first-order chi connectivity index (χ1) is 6.59. The van der Waals surface area contributed by atoms with Gasteiger partial charge in [-0.1, -0.05) is 0 Å². The summed E-state index contributed by atoms with van der Waals surface area (Å²) < 4.78 is 9.00. The Bertz CT molecular complexity index is 331. The predicted octanol–water partition coefficient (Wildman–Crippen LogP) is -0.00340. The number of nitrogens with two attached hydrogens (primary N) is 2. The fraction of sp³-hybridized carbons (Fsp3) is 0. The molecular formula is C7H7N3O4. The Balaban J connectivity index is 2.90. The van der Waals surface area contributed by atoms with Gasteiger partial charge < -0.3 is 20.9 Å². The van der Waals surface area contributed by atoms with Gasteiger partial charge in [-0.15, -0.1) is 0 Å². The lowest BCUT2D eigenvalue weighted by Gasteiger charge is -2.05. The summed E-state index contributed by atoms with van der Waals surface area (Å²) in [7, 11) is 0. The van der Waals surface area contributed by atoms with Crippen molar-refractivity contribution < 1.29 is 19.1 Å². The van der Waals surface area contributed by atoms with E-state index in [1.165, 1.54) is 18.5 Å². The summed E-state index contributed by atoms with van der Waals surface area (Å²) in [4.78, 5) is 24.5. The van der Waals surface area contributed by atoms with E-state index in [4.69, 9.17) is 11.5 Å². The van der Waals surface area contributed by atoms with Crippen molar-refractivity contribution in [3.63, 3.8) is 0 Å². The van der Waals surface area contributed by atoms with E-state index in [1.807, 2.05) is 0 Å². The fourth-order valence-corrected chi connectivity index (χ4v) is 0.745. The summed E-state index contributed by atoms with van der Waals surface area (Å²) in [5.41, 5.74) is 9.53. The second kappa shape index (κ2) is 4.08. The molecule has 0 aliphatic rings. The minimum absolute atomic E-state index is 0.0219. The maximum absolute atomic E-state index is 10.4. The van der Waals surface area contributed by atoms with Crippen molar-refractivity contribution in [1.29, 1.82) is 0 Å². The Morgan fingerprint density at radius 2 is 1.71 bits per heavy atom. The van der Waals surface area contributed by atoms with Crippen LogP contribution in [0.4, 0.5) is 9.59 Å². The number of primary amides is 2. The van der Waals surface area contributed by atoms with E-state index < -0.39 is 12.2 Å². The van der Waals surface area contributed by atoms with Gasteiger partial charge in [0.15, 0.2) is 11.5 Å². The topological polar surface area (TPSA) is 118 Å². The van der Waals surface area contributed by atoms with Crippen LogP contribution < -0.4 is 20.9 Å². The number of carbonyl (C=O) groups is 2. The molecule has 0 saturated carbocycles. The third-order valence-corrected chi connectivity index (χ3v) is 1.17. The van der Waals surface area contributed by atoms with E-state index in [1.54, 1.807) is 0 Å². The van der Waals surface area contributed by atoms with Crippen molar-refractivity contribution in [1.82, 2.24) is 4.98 Å². The lowest BCUT2D eigenvalue weighted by atomic mass is 10.4. The fourth-order valence-electron chi connectivity index (χ4n) is 0.745. The first kappa shape index (κ1) is 9.78. The number of ether oxygens (including phenoxy) is 2. The molecule has 4 N–H and O–H groups in total. The molecule has 0 aliphatic heterocycles. The van der Waals surface area contributed by atoms with Gasteiger partial charge in [0.25, 0.3) is 0 Å². The second-order valence-corrected chi connectivity index (χ2v) is 2.16. The van der Waals surface area contributed by atoms with E-state index in [0.29, 0.717) is 0 Å². The molecule has 0 unspecified atom stereocenters. The molecule has 1 aromatic rings. The Hall–Kier alpha value is -2.31. The van der Waals surface area contributed by atoms with Crippen molar-refractivity contribution in [3.8, 4) is 11.5 Å². The lowest BCUT2D eigenvalue weighted by Crippen LogP contribution is -2.19. The summed E-state index contributed by atoms with van der Waals surface area (Å²) in [5, 5.41) is 0. The van der Waals surface area contributed by atoms with Crippen LogP contribution in [0.1, 0.15) is 0 Å². The van der Waals surface area contributed by atoms with E-state index >= 15 is 0 Å². The third-order valence-electron chi connectivity index (χ3n) is 1.17. The van der Waals surface area contributed by atoms with Gasteiger partial charge in [0.05, 0.1) is 6.20 Å². The number of aromatic nitrogens is 1. The molecule has 1 heterocycles. The summed E-state index contributed by atoms with van der Waals surface area (Å²) in [5.74, 6) is -0.0925. The second-order valence-electron chi connectivity index (χ2n) is 2.16. The Labute approximate surface area is 78.6 Å². The minimum Gasteiger partial charge on any atom is -0.406 e. The van der Waals surface area contributed by atoms with Crippen molar-refractivity contribution in [2.45, 2.75) is 0 Å². The van der Waals surface area contributed by atoms with Crippen LogP contribution in [0.5, 0.6) is 11.5 Å². The molecule has 0 aliphatic carbocycles. The molecule has 1 aromatic heterocycles. The molecule has 0 fully saturated rings. The summed E-state index contributed by atoms with van der Waals surface area (Å²) in [6, 6.07) is 1.31. The zero-order valence-corrected chi connectivity index (χ0v) is 6.97. The summed E-state index contributed by atoms with van der Waals surface area (Å²) >= 11 is 0. The average molecular weight is 197 g/mol. The van der Waals surface area contributed by atoms with Crippen LogP contribution in [0.2, 0.25) is 0 Å². The van der Waals surface area contributed by atoms with Gasteiger partial charge in [0.2, 0.25) is 0 Å². The van der Waals surface area contributed by atoms with E-state index in [9.17, 15) is 9.59 Å². The zero-order chi connectivity index (χ0) is 10.6. The molecule has 74 valence electrons. The number of amides is 2. The SMILES string of the molecule is NC(=O)Oc1ccncc1OC(N)=O. The van der Waals surface area contributed by atoms with E-state index in [-0.39, 0.29) is 11.5 Å². The zero-order valence-electron chi connectivity index (χ0n) is 6.97. The Kier molecular flexibility index (Phi) is 2.85. The first-order valence-corrected chi connectivity index (χ1v) is 3.48. The quantitative estimate of drug-likeness (QED) is 0.691. The minimum atomic E-state index is -1.03. The number of pyridine rings is 1. The molecule has 7 heteroatoms. The van der Waals surface area contributed by atoms with Crippen LogP contribution in [-0.4, -0.2) is 17.2 Å². The maximum Gasteiger partial charge on any atom is 0.410 e. The number of hydrogen-bond donors (Lipinski definition) is 2. The van der Waals surface area contributed by atoms with Gasteiger partial charge in [0, 0.05) is 12.3 Å². The highest BCUT2D eigenvalue weighted by molar-refractivity contribution is 5.72. The van der Waals surface area contributed by atoms with Crippen LogP contribution >= 0.6 is 0 Å². The van der Waals surface area contributed by atoms with E-state index in [0.717, 1.165) is 0 Å². The highest BCUT2D eigenvalue weighted by atomic mass is 16.6. The van der Waals surface area contributed by atoms with Gasteiger partial charge in [-0.2, -0.15) is 0 Å². The Morgan fingerprint density at radius 3 is 2.29 bits per heavy atom. The molecule has 14 heavy (non-hydrogen) atoms.